The fraction of sp³-hybridized carbons (Fsp3) is 0.278. The molecular formula is C18H19N5O3S. The molecule has 8 nitrogen and oxygen atoms in total. The first kappa shape index (κ1) is 17.5. The predicted octanol–water partition coefficient (Wildman–Crippen LogP) is 2.43. The van der Waals surface area contributed by atoms with E-state index in [-0.39, 0.29) is 22.3 Å². The first-order valence-electron chi connectivity index (χ1n) is 8.76. The van der Waals surface area contributed by atoms with E-state index in [4.69, 9.17) is 0 Å². The Labute approximate surface area is 156 Å². The van der Waals surface area contributed by atoms with Gasteiger partial charge in [-0.1, -0.05) is 31.0 Å². The van der Waals surface area contributed by atoms with Crippen molar-refractivity contribution in [1.29, 1.82) is 0 Å². The second-order valence-corrected chi connectivity index (χ2v) is 8.19. The molecule has 0 atom stereocenters. The molecule has 0 spiro atoms. The molecule has 0 unspecified atom stereocenters. The first-order valence-corrected chi connectivity index (χ1v) is 10.2. The lowest BCUT2D eigenvalue weighted by Crippen LogP contribution is -2.33. The van der Waals surface area contributed by atoms with Gasteiger partial charge in [-0.05, 0) is 25.0 Å². The smallest absolute Gasteiger partial charge is 0.274 e. The van der Waals surface area contributed by atoms with Crippen LogP contribution in [0.15, 0.2) is 47.6 Å². The van der Waals surface area contributed by atoms with E-state index in [1.165, 1.54) is 12.3 Å². The molecule has 1 aliphatic rings. The average molecular weight is 385 g/mol. The standard InChI is InChI=1S/C18H19N5O3S/c24-18(21-13-7-1-2-8-13)17-14(11-20-22-17)23-27(25,26)15-9-3-5-12-6-4-10-19-16(12)15/h3-6,9-11,13,23H,1-2,7-8H2,(H,20,22)(H,21,24). The number of aromatic nitrogens is 3. The number of pyridine rings is 1. The number of hydrogen-bond acceptors (Lipinski definition) is 5. The Morgan fingerprint density at radius 3 is 2.74 bits per heavy atom. The van der Waals surface area contributed by atoms with Crippen molar-refractivity contribution in [3.63, 3.8) is 0 Å². The lowest BCUT2D eigenvalue weighted by molar-refractivity contribution is 0.0933. The number of carbonyl (C=O) groups excluding carboxylic acids is 1. The van der Waals surface area contributed by atoms with Crippen molar-refractivity contribution in [3.05, 3.63) is 48.4 Å². The minimum atomic E-state index is -3.95. The summed E-state index contributed by atoms with van der Waals surface area (Å²) in [6, 6.07) is 8.58. The van der Waals surface area contributed by atoms with Crippen LogP contribution in [0.1, 0.15) is 36.2 Å². The summed E-state index contributed by atoms with van der Waals surface area (Å²) in [7, 11) is -3.95. The number of benzene rings is 1. The summed E-state index contributed by atoms with van der Waals surface area (Å²) in [5.74, 6) is -0.392. The zero-order chi connectivity index (χ0) is 18.9. The number of H-pyrrole nitrogens is 1. The van der Waals surface area contributed by atoms with Gasteiger partial charge in [0.25, 0.3) is 15.9 Å². The Morgan fingerprint density at radius 2 is 1.93 bits per heavy atom. The third-order valence-corrected chi connectivity index (χ3v) is 6.07. The van der Waals surface area contributed by atoms with Gasteiger partial charge in [0.1, 0.15) is 4.90 Å². The van der Waals surface area contributed by atoms with Gasteiger partial charge in [0, 0.05) is 23.8 Å². The molecule has 140 valence electrons. The third kappa shape index (κ3) is 3.50. The van der Waals surface area contributed by atoms with Crippen LogP contribution in [0.4, 0.5) is 5.69 Å². The highest BCUT2D eigenvalue weighted by atomic mass is 32.2. The van der Waals surface area contributed by atoms with E-state index in [1.54, 1.807) is 30.5 Å². The highest BCUT2D eigenvalue weighted by Crippen LogP contribution is 2.24. The molecule has 1 aromatic carbocycles. The molecule has 1 fully saturated rings. The molecule has 1 saturated carbocycles. The molecule has 0 bridgehead atoms. The van der Waals surface area contributed by atoms with Crippen molar-refractivity contribution in [1.82, 2.24) is 20.5 Å². The Bertz CT molecular complexity index is 1080. The Balaban J connectivity index is 1.62. The van der Waals surface area contributed by atoms with E-state index in [0.29, 0.717) is 10.9 Å². The number of sulfonamides is 1. The van der Waals surface area contributed by atoms with E-state index in [9.17, 15) is 13.2 Å². The number of nitrogens with one attached hydrogen (secondary N) is 3. The van der Waals surface area contributed by atoms with Crippen LogP contribution in [0, 0.1) is 0 Å². The number of para-hydroxylation sites is 1. The van der Waals surface area contributed by atoms with Gasteiger partial charge in [-0.15, -0.1) is 0 Å². The van der Waals surface area contributed by atoms with E-state index in [2.05, 4.69) is 25.2 Å². The van der Waals surface area contributed by atoms with Crippen LogP contribution >= 0.6 is 0 Å². The second-order valence-electron chi connectivity index (χ2n) is 6.54. The van der Waals surface area contributed by atoms with Crippen LogP contribution < -0.4 is 10.0 Å². The molecule has 27 heavy (non-hydrogen) atoms. The van der Waals surface area contributed by atoms with Gasteiger partial charge in [-0.3, -0.25) is 19.6 Å². The first-order chi connectivity index (χ1) is 13.0. The molecule has 3 aromatic rings. The summed E-state index contributed by atoms with van der Waals surface area (Å²) in [5.41, 5.74) is 0.505. The number of fused-ring (bicyclic) bond motifs is 1. The number of hydrogen-bond donors (Lipinski definition) is 3. The number of nitrogens with zero attached hydrogens (tertiary/aromatic N) is 2. The summed E-state index contributed by atoms with van der Waals surface area (Å²) in [4.78, 5) is 16.7. The lowest BCUT2D eigenvalue weighted by Gasteiger charge is -2.12. The summed E-state index contributed by atoms with van der Waals surface area (Å²) in [6.07, 6.45) is 6.93. The van der Waals surface area contributed by atoms with Gasteiger partial charge in [0.05, 0.1) is 11.2 Å². The normalized spacial score (nSPS) is 15.1. The van der Waals surface area contributed by atoms with Crippen LogP contribution in [0.25, 0.3) is 10.9 Å². The largest absolute Gasteiger partial charge is 0.348 e. The van der Waals surface area contributed by atoms with Crippen molar-refractivity contribution in [3.8, 4) is 0 Å². The van der Waals surface area contributed by atoms with Crippen LogP contribution in [-0.4, -0.2) is 35.5 Å². The van der Waals surface area contributed by atoms with Crippen LogP contribution in [0.5, 0.6) is 0 Å². The SMILES string of the molecule is O=C(NC1CCCC1)c1n[nH]cc1NS(=O)(=O)c1cccc2cccnc12. The Hall–Kier alpha value is -2.94. The Morgan fingerprint density at radius 1 is 1.15 bits per heavy atom. The van der Waals surface area contributed by atoms with Crippen molar-refractivity contribution in [2.24, 2.45) is 0 Å². The molecule has 0 radical (unpaired) electrons. The van der Waals surface area contributed by atoms with E-state index >= 15 is 0 Å². The fourth-order valence-corrected chi connectivity index (χ4v) is 4.60. The summed E-state index contributed by atoms with van der Waals surface area (Å²) < 4.78 is 28.3. The summed E-state index contributed by atoms with van der Waals surface area (Å²) in [6.45, 7) is 0. The molecule has 1 amide bonds. The maximum Gasteiger partial charge on any atom is 0.274 e. The van der Waals surface area contributed by atoms with E-state index < -0.39 is 15.9 Å². The molecule has 4 rings (SSSR count). The maximum absolute atomic E-state index is 12.9. The van der Waals surface area contributed by atoms with Crippen LogP contribution in [0.2, 0.25) is 0 Å². The number of rotatable bonds is 5. The topological polar surface area (TPSA) is 117 Å². The van der Waals surface area contributed by atoms with Crippen molar-refractivity contribution < 1.29 is 13.2 Å². The van der Waals surface area contributed by atoms with Gasteiger partial charge in [-0.25, -0.2) is 8.42 Å². The fourth-order valence-electron chi connectivity index (χ4n) is 3.36. The van der Waals surface area contributed by atoms with Crippen molar-refractivity contribution in [2.45, 2.75) is 36.6 Å². The highest BCUT2D eigenvalue weighted by Gasteiger charge is 2.25. The van der Waals surface area contributed by atoms with Crippen LogP contribution in [-0.2, 0) is 10.0 Å². The summed E-state index contributed by atoms with van der Waals surface area (Å²) >= 11 is 0. The quantitative estimate of drug-likeness (QED) is 0.624. The number of anilines is 1. The second kappa shape index (κ2) is 6.99. The third-order valence-electron chi connectivity index (χ3n) is 4.68. The zero-order valence-corrected chi connectivity index (χ0v) is 15.3. The molecular weight excluding hydrogens is 366 g/mol. The highest BCUT2D eigenvalue weighted by molar-refractivity contribution is 7.93. The monoisotopic (exact) mass is 385 g/mol. The molecule has 0 aliphatic heterocycles. The zero-order valence-electron chi connectivity index (χ0n) is 14.5. The van der Waals surface area contributed by atoms with Gasteiger partial charge >= 0.3 is 0 Å². The van der Waals surface area contributed by atoms with E-state index in [1.807, 2.05) is 0 Å². The maximum atomic E-state index is 12.9. The predicted molar refractivity (Wildman–Crippen MR) is 101 cm³/mol. The van der Waals surface area contributed by atoms with Crippen molar-refractivity contribution >= 4 is 32.5 Å². The average Bonchev–Trinajstić information content (AvgIpc) is 3.32. The van der Waals surface area contributed by atoms with Gasteiger partial charge in [0.15, 0.2) is 5.69 Å². The molecule has 0 saturated heterocycles. The van der Waals surface area contributed by atoms with Gasteiger partial charge < -0.3 is 5.32 Å². The minimum Gasteiger partial charge on any atom is -0.348 e. The molecule has 2 aromatic heterocycles. The Kier molecular flexibility index (Phi) is 4.53. The van der Waals surface area contributed by atoms with Crippen LogP contribution in [0.3, 0.4) is 0 Å². The molecule has 1 aliphatic carbocycles. The number of amides is 1. The lowest BCUT2D eigenvalue weighted by atomic mass is 10.2. The minimum absolute atomic E-state index is 0.0265. The molecule has 9 heteroatoms. The molecule has 2 heterocycles. The molecule has 3 N–H and O–H groups in total. The number of aromatic amines is 1. The summed E-state index contributed by atoms with van der Waals surface area (Å²) in [5, 5.41) is 10.1. The van der Waals surface area contributed by atoms with Crippen molar-refractivity contribution in [2.75, 3.05) is 4.72 Å². The van der Waals surface area contributed by atoms with E-state index in [0.717, 1.165) is 25.7 Å². The van der Waals surface area contributed by atoms with Gasteiger partial charge in [-0.2, -0.15) is 5.10 Å². The van der Waals surface area contributed by atoms with Gasteiger partial charge in [0.2, 0.25) is 0 Å². The number of carbonyl (C=O) groups is 1.